The highest BCUT2D eigenvalue weighted by molar-refractivity contribution is 5.95. The number of hydrogen-bond acceptors (Lipinski definition) is 3. The second-order valence-electron chi connectivity index (χ2n) is 5.29. The molecule has 0 saturated carbocycles. The van der Waals surface area contributed by atoms with Gasteiger partial charge in [-0.3, -0.25) is 4.79 Å². The van der Waals surface area contributed by atoms with Gasteiger partial charge in [-0.1, -0.05) is 0 Å². The van der Waals surface area contributed by atoms with Crippen LogP contribution in [0.3, 0.4) is 0 Å². The SMILES string of the molecule is Cc1cc(C(=O)N2CCC(C)(C#N)CC2)c(C)o1. The molecule has 0 atom stereocenters. The second-order valence-corrected chi connectivity index (χ2v) is 5.29. The minimum Gasteiger partial charge on any atom is -0.466 e. The summed E-state index contributed by atoms with van der Waals surface area (Å²) in [7, 11) is 0. The van der Waals surface area contributed by atoms with Crippen molar-refractivity contribution in [2.45, 2.75) is 33.6 Å². The Morgan fingerprint density at radius 1 is 1.44 bits per heavy atom. The summed E-state index contributed by atoms with van der Waals surface area (Å²) >= 11 is 0. The van der Waals surface area contributed by atoms with E-state index < -0.39 is 0 Å². The molecule has 0 aliphatic carbocycles. The third-order valence-corrected chi connectivity index (χ3v) is 3.70. The van der Waals surface area contributed by atoms with Crippen molar-refractivity contribution in [3.05, 3.63) is 23.2 Å². The highest BCUT2D eigenvalue weighted by Crippen LogP contribution is 2.30. The zero-order valence-corrected chi connectivity index (χ0v) is 11.1. The average Bonchev–Trinajstić information content (AvgIpc) is 2.69. The lowest BCUT2D eigenvalue weighted by Crippen LogP contribution is -2.41. The number of piperidine rings is 1. The maximum absolute atomic E-state index is 12.3. The largest absolute Gasteiger partial charge is 0.466 e. The molecule has 0 aromatic carbocycles. The van der Waals surface area contributed by atoms with Gasteiger partial charge in [-0.2, -0.15) is 5.26 Å². The van der Waals surface area contributed by atoms with Crippen molar-refractivity contribution in [3.63, 3.8) is 0 Å². The molecule has 1 saturated heterocycles. The Balaban J connectivity index is 2.09. The first kappa shape index (κ1) is 12.7. The highest BCUT2D eigenvalue weighted by Gasteiger charge is 2.32. The van der Waals surface area contributed by atoms with E-state index in [1.807, 2.05) is 25.7 Å². The number of furan rings is 1. The number of nitriles is 1. The fourth-order valence-corrected chi connectivity index (χ4v) is 2.33. The van der Waals surface area contributed by atoms with Gasteiger partial charge < -0.3 is 9.32 Å². The van der Waals surface area contributed by atoms with E-state index in [1.54, 1.807) is 6.07 Å². The van der Waals surface area contributed by atoms with Gasteiger partial charge in [-0.25, -0.2) is 0 Å². The monoisotopic (exact) mass is 246 g/mol. The summed E-state index contributed by atoms with van der Waals surface area (Å²) in [6, 6.07) is 4.13. The van der Waals surface area contributed by atoms with Crippen molar-refractivity contribution in [2.24, 2.45) is 5.41 Å². The van der Waals surface area contributed by atoms with Crippen molar-refractivity contribution in [1.29, 1.82) is 5.26 Å². The van der Waals surface area contributed by atoms with E-state index in [0.717, 1.165) is 18.6 Å². The summed E-state index contributed by atoms with van der Waals surface area (Å²) < 4.78 is 5.39. The standard InChI is InChI=1S/C14H18N2O2/c1-10-8-12(11(2)18-10)13(17)16-6-4-14(3,9-15)5-7-16/h8H,4-7H2,1-3H3. The van der Waals surface area contributed by atoms with Crippen LogP contribution < -0.4 is 0 Å². The van der Waals surface area contributed by atoms with Gasteiger partial charge in [0, 0.05) is 13.1 Å². The summed E-state index contributed by atoms with van der Waals surface area (Å²) in [5, 5.41) is 9.07. The van der Waals surface area contributed by atoms with Crippen molar-refractivity contribution in [2.75, 3.05) is 13.1 Å². The van der Waals surface area contributed by atoms with Crippen molar-refractivity contribution >= 4 is 5.91 Å². The molecule has 96 valence electrons. The summed E-state index contributed by atoms with van der Waals surface area (Å²) in [5.74, 6) is 1.45. The molecule has 1 aromatic rings. The number of likely N-dealkylation sites (tertiary alicyclic amines) is 1. The van der Waals surface area contributed by atoms with E-state index in [9.17, 15) is 4.79 Å². The molecule has 2 rings (SSSR count). The molecule has 1 aliphatic heterocycles. The van der Waals surface area contributed by atoms with Crippen LogP contribution in [0.4, 0.5) is 0 Å². The molecule has 2 heterocycles. The number of carbonyl (C=O) groups is 1. The second kappa shape index (κ2) is 4.49. The summed E-state index contributed by atoms with van der Waals surface area (Å²) in [6.07, 6.45) is 1.48. The molecule has 1 aromatic heterocycles. The Morgan fingerprint density at radius 2 is 2.06 bits per heavy atom. The van der Waals surface area contributed by atoms with Crippen LogP contribution in [0.1, 0.15) is 41.6 Å². The van der Waals surface area contributed by atoms with Crippen molar-refractivity contribution in [1.82, 2.24) is 4.90 Å². The lowest BCUT2D eigenvalue weighted by atomic mass is 9.82. The number of hydrogen-bond donors (Lipinski definition) is 0. The van der Waals surface area contributed by atoms with E-state index in [-0.39, 0.29) is 11.3 Å². The predicted molar refractivity (Wildman–Crippen MR) is 67.0 cm³/mol. The summed E-state index contributed by atoms with van der Waals surface area (Å²) in [5.41, 5.74) is 0.367. The first-order chi connectivity index (χ1) is 8.45. The molecule has 1 fully saturated rings. The number of aryl methyl sites for hydroxylation is 2. The van der Waals surface area contributed by atoms with Crippen LogP contribution >= 0.6 is 0 Å². The Hall–Kier alpha value is -1.76. The van der Waals surface area contributed by atoms with Crippen LogP contribution in [0, 0.1) is 30.6 Å². The fraction of sp³-hybridized carbons (Fsp3) is 0.571. The number of nitrogens with zero attached hydrogens (tertiary/aromatic N) is 2. The van der Waals surface area contributed by atoms with Gasteiger partial charge in [0.1, 0.15) is 11.5 Å². The minimum absolute atomic E-state index is 0.0179. The van der Waals surface area contributed by atoms with Crippen molar-refractivity contribution in [3.8, 4) is 6.07 Å². The Morgan fingerprint density at radius 3 is 2.50 bits per heavy atom. The Kier molecular flexibility index (Phi) is 3.16. The van der Waals surface area contributed by atoms with Crippen LogP contribution in [0.2, 0.25) is 0 Å². The molecule has 0 bridgehead atoms. The zero-order chi connectivity index (χ0) is 13.3. The van der Waals surface area contributed by atoms with Gasteiger partial charge in [0.15, 0.2) is 0 Å². The lowest BCUT2D eigenvalue weighted by molar-refractivity contribution is 0.0660. The van der Waals surface area contributed by atoms with Crippen LogP contribution in [0.5, 0.6) is 0 Å². The maximum Gasteiger partial charge on any atom is 0.257 e. The number of rotatable bonds is 1. The van der Waals surface area contributed by atoms with Gasteiger partial charge >= 0.3 is 0 Å². The smallest absolute Gasteiger partial charge is 0.257 e. The van der Waals surface area contributed by atoms with E-state index in [4.69, 9.17) is 9.68 Å². The zero-order valence-electron chi connectivity index (χ0n) is 11.1. The lowest BCUT2D eigenvalue weighted by Gasteiger charge is -2.34. The maximum atomic E-state index is 12.3. The molecule has 4 heteroatoms. The number of amides is 1. The first-order valence-electron chi connectivity index (χ1n) is 6.23. The summed E-state index contributed by atoms with van der Waals surface area (Å²) in [4.78, 5) is 14.1. The third-order valence-electron chi connectivity index (χ3n) is 3.70. The molecule has 0 N–H and O–H groups in total. The van der Waals surface area contributed by atoms with E-state index >= 15 is 0 Å². The molecular formula is C14H18N2O2. The summed E-state index contributed by atoms with van der Waals surface area (Å²) in [6.45, 7) is 6.90. The normalized spacial score (nSPS) is 18.4. The molecule has 1 aliphatic rings. The molecular weight excluding hydrogens is 228 g/mol. The molecule has 18 heavy (non-hydrogen) atoms. The molecule has 0 radical (unpaired) electrons. The van der Waals surface area contributed by atoms with Crippen LogP contribution in [0.25, 0.3) is 0 Å². The van der Waals surface area contributed by atoms with Gasteiger partial charge in [-0.05, 0) is 39.7 Å². The third kappa shape index (κ3) is 2.26. The number of carbonyl (C=O) groups excluding carboxylic acids is 1. The van der Waals surface area contributed by atoms with Gasteiger partial charge in [0.25, 0.3) is 5.91 Å². The molecule has 4 nitrogen and oxygen atoms in total. The van der Waals surface area contributed by atoms with E-state index in [0.29, 0.717) is 24.4 Å². The van der Waals surface area contributed by atoms with Gasteiger partial charge in [0.05, 0.1) is 17.0 Å². The first-order valence-corrected chi connectivity index (χ1v) is 6.23. The average molecular weight is 246 g/mol. The molecule has 0 spiro atoms. The van der Waals surface area contributed by atoms with Crippen molar-refractivity contribution < 1.29 is 9.21 Å². The fourth-order valence-electron chi connectivity index (χ4n) is 2.33. The molecule has 1 amide bonds. The Labute approximate surface area is 107 Å². The quantitative estimate of drug-likeness (QED) is 0.765. The van der Waals surface area contributed by atoms with Crippen LogP contribution in [-0.4, -0.2) is 23.9 Å². The molecule has 0 unspecified atom stereocenters. The minimum atomic E-state index is -0.280. The van der Waals surface area contributed by atoms with E-state index in [2.05, 4.69) is 6.07 Å². The topological polar surface area (TPSA) is 57.2 Å². The Bertz CT molecular complexity index is 502. The van der Waals surface area contributed by atoms with Gasteiger partial charge in [-0.15, -0.1) is 0 Å². The predicted octanol–water partition coefficient (Wildman–Crippen LogP) is 2.66. The highest BCUT2D eigenvalue weighted by atomic mass is 16.3. The van der Waals surface area contributed by atoms with Crippen LogP contribution in [-0.2, 0) is 0 Å². The van der Waals surface area contributed by atoms with E-state index in [1.165, 1.54) is 0 Å². The van der Waals surface area contributed by atoms with Gasteiger partial charge in [0.2, 0.25) is 0 Å². The van der Waals surface area contributed by atoms with Crippen LogP contribution in [0.15, 0.2) is 10.5 Å².